The summed E-state index contributed by atoms with van der Waals surface area (Å²) in [6.45, 7) is 5.86. The number of imidazole rings is 1. The third kappa shape index (κ3) is 5.51. The lowest BCUT2D eigenvalue weighted by molar-refractivity contribution is 0.598. The Morgan fingerprint density at radius 1 is 1.05 bits per heavy atom. The van der Waals surface area contributed by atoms with Crippen molar-refractivity contribution >= 4 is 26.9 Å². The smallest absolute Gasteiger partial charge is 0.330 e. The van der Waals surface area contributed by atoms with Crippen molar-refractivity contribution < 1.29 is 12.8 Å². The van der Waals surface area contributed by atoms with Gasteiger partial charge in [-0.1, -0.05) is 43.7 Å². The largest absolute Gasteiger partial charge is 0.336 e. The maximum Gasteiger partial charge on any atom is 0.330 e. The molecule has 5 rings (SSSR count). The van der Waals surface area contributed by atoms with Gasteiger partial charge >= 0.3 is 5.69 Å². The summed E-state index contributed by atoms with van der Waals surface area (Å²) in [4.78, 5) is 35.4. The van der Waals surface area contributed by atoms with Gasteiger partial charge in [-0.2, -0.15) is 5.10 Å². The molecule has 5 aromatic rings. The third-order valence-electron chi connectivity index (χ3n) is 7.44. The van der Waals surface area contributed by atoms with Crippen LogP contribution >= 0.6 is 0 Å². The number of aromatic nitrogens is 6. The lowest BCUT2D eigenvalue weighted by Gasteiger charge is -2.17. The number of anilines is 1. The zero-order valence-corrected chi connectivity index (χ0v) is 24.5. The minimum atomic E-state index is -3.93. The molecule has 13 heteroatoms. The topological polar surface area (TPSA) is 148 Å². The van der Waals surface area contributed by atoms with Crippen molar-refractivity contribution in [2.75, 3.05) is 4.72 Å². The zero-order valence-electron chi connectivity index (χ0n) is 23.7. The van der Waals surface area contributed by atoms with Crippen LogP contribution in [0.15, 0.2) is 63.0 Å². The van der Waals surface area contributed by atoms with Gasteiger partial charge in [-0.15, -0.1) is 0 Å². The van der Waals surface area contributed by atoms with Crippen molar-refractivity contribution in [1.29, 1.82) is 0 Å². The number of benzene rings is 2. The number of nitrogens with zero attached hydrogens (tertiary/aromatic N) is 4. The van der Waals surface area contributed by atoms with Crippen LogP contribution in [0.1, 0.15) is 54.0 Å². The minimum Gasteiger partial charge on any atom is -0.336 e. The number of unbranched alkanes of at least 4 members (excludes halogenated alkanes) is 1. The van der Waals surface area contributed by atoms with E-state index in [1.807, 2.05) is 6.92 Å². The minimum absolute atomic E-state index is 0.0352. The van der Waals surface area contributed by atoms with Crippen LogP contribution < -0.4 is 16.0 Å². The van der Waals surface area contributed by atoms with E-state index in [0.717, 1.165) is 6.42 Å². The maximum atomic E-state index is 14.8. The molecule has 0 radical (unpaired) electrons. The number of aryl methyl sites for hydroxylation is 3. The number of hydrogen-bond acceptors (Lipinski definition) is 6. The fourth-order valence-corrected chi connectivity index (χ4v) is 6.17. The van der Waals surface area contributed by atoms with Crippen LogP contribution in [-0.4, -0.2) is 37.7 Å². The molecule has 1 unspecified atom stereocenters. The van der Waals surface area contributed by atoms with Crippen LogP contribution in [0.5, 0.6) is 0 Å². The number of rotatable bonds is 10. The lowest BCUT2D eigenvalue weighted by atomic mass is 9.91. The van der Waals surface area contributed by atoms with Crippen molar-refractivity contribution in [3.05, 3.63) is 104 Å². The van der Waals surface area contributed by atoms with Crippen molar-refractivity contribution in [2.24, 2.45) is 7.05 Å². The highest BCUT2D eigenvalue weighted by molar-refractivity contribution is 7.92. The molecule has 3 heterocycles. The van der Waals surface area contributed by atoms with Crippen molar-refractivity contribution in [3.8, 4) is 0 Å². The molecule has 0 aliphatic carbocycles. The molecule has 0 aliphatic heterocycles. The second kappa shape index (κ2) is 11.4. The van der Waals surface area contributed by atoms with Crippen LogP contribution in [0.3, 0.4) is 0 Å². The first-order chi connectivity index (χ1) is 20.0. The maximum absolute atomic E-state index is 14.8. The molecule has 42 heavy (non-hydrogen) atoms. The Morgan fingerprint density at radius 2 is 1.76 bits per heavy atom. The summed E-state index contributed by atoms with van der Waals surface area (Å²) in [5.74, 6) is -0.636. The quantitative estimate of drug-likeness (QED) is 0.224. The SMILES string of the molecule is CCCCn1c(=O)[nH]c(=O)c2[nH]c(C(Cc3ccccc3F)c3ccc(S(=O)(=O)Nc4c(C)nn(C)c4C)cc3)nc21. The molecule has 1 atom stereocenters. The fraction of sp³-hybridized carbons (Fsp3) is 0.310. The molecule has 3 N–H and O–H groups in total. The highest BCUT2D eigenvalue weighted by atomic mass is 32.2. The zero-order chi connectivity index (χ0) is 30.2. The monoisotopic (exact) mass is 593 g/mol. The van der Waals surface area contributed by atoms with E-state index in [1.54, 1.807) is 55.9 Å². The summed E-state index contributed by atoms with van der Waals surface area (Å²) in [5, 5.41) is 4.26. The molecule has 220 valence electrons. The molecule has 0 spiro atoms. The number of hydrogen-bond donors (Lipinski definition) is 3. The average molecular weight is 594 g/mol. The lowest BCUT2D eigenvalue weighted by Crippen LogP contribution is -2.30. The van der Waals surface area contributed by atoms with E-state index >= 15 is 0 Å². The summed E-state index contributed by atoms with van der Waals surface area (Å²) < 4.78 is 46.9. The molecule has 3 aromatic heterocycles. The first-order valence-electron chi connectivity index (χ1n) is 13.6. The third-order valence-corrected chi connectivity index (χ3v) is 8.80. The molecule has 0 saturated carbocycles. The Kier molecular flexibility index (Phi) is 7.87. The summed E-state index contributed by atoms with van der Waals surface area (Å²) in [6.07, 6.45) is 1.72. The summed E-state index contributed by atoms with van der Waals surface area (Å²) >= 11 is 0. The first kappa shape index (κ1) is 29.0. The van der Waals surface area contributed by atoms with Crippen LogP contribution in [0.2, 0.25) is 0 Å². The number of sulfonamides is 1. The van der Waals surface area contributed by atoms with Gasteiger partial charge in [0.15, 0.2) is 5.65 Å². The molecule has 0 bridgehead atoms. The number of H-pyrrole nitrogens is 2. The van der Waals surface area contributed by atoms with Crippen LogP contribution in [0.4, 0.5) is 10.1 Å². The molecule has 2 aromatic carbocycles. The van der Waals surface area contributed by atoms with Gasteiger partial charge in [-0.3, -0.25) is 23.7 Å². The molecule has 11 nitrogen and oxygen atoms in total. The van der Waals surface area contributed by atoms with Gasteiger partial charge < -0.3 is 4.98 Å². The Hall–Kier alpha value is -4.52. The van der Waals surface area contributed by atoms with Gasteiger partial charge in [0.1, 0.15) is 17.2 Å². The number of aromatic amines is 2. The van der Waals surface area contributed by atoms with Crippen LogP contribution in [-0.2, 0) is 30.0 Å². The van der Waals surface area contributed by atoms with E-state index in [2.05, 4.69) is 24.8 Å². The van der Waals surface area contributed by atoms with Crippen molar-refractivity contribution in [1.82, 2.24) is 29.3 Å². The van der Waals surface area contributed by atoms with Crippen LogP contribution in [0.25, 0.3) is 11.2 Å². The van der Waals surface area contributed by atoms with Gasteiger partial charge in [0.05, 0.1) is 22.0 Å². The Morgan fingerprint density at radius 3 is 2.40 bits per heavy atom. The Labute approximate surface area is 241 Å². The predicted molar refractivity (Wildman–Crippen MR) is 158 cm³/mol. The molecular formula is C29H32FN7O4S. The normalized spacial score (nSPS) is 12.6. The van der Waals surface area contributed by atoms with E-state index in [1.165, 1.54) is 22.8 Å². The van der Waals surface area contributed by atoms with E-state index in [4.69, 9.17) is 0 Å². The number of fused-ring (bicyclic) bond motifs is 1. The molecular weight excluding hydrogens is 561 g/mol. The van der Waals surface area contributed by atoms with Crippen LogP contribution in [0, 0.1) is 19.7 Å². The van der Waals surface area contributed by atoms with Gasteiger partial charge in [0.25, 0.3) is 15.6 Å². The molecule has 0 amide bonds. The summed E-state index contributed by atoms with van der Waals surface area (Å²) in [6, 6.07) is 12.6. The first-order valence-corrected chi connectivity index (χ1v) is 15.1. The molecule has 0 aliphatic rings. The molecule has 0 fully saturated rings. The summed E-state index contributed by atoms with van der Waals surface area (Å²) in [7, 11) is -2.20. The number of halogens is 1. The summed E-state index contributed by atoms with van der Waals surface area (Å²) in [5.41, 5.74) is 1.92. The van der Waals surface area contributed by atoms with E-state index in [9.17, 15) is 22.4 Å². The van der Waals surface area contributed by atoms with Gasteiger partial charge in [-0.05, 0) is 56.0 Å². The Balaban J connectivity index is 1.57. The van der Waals surface area contributed by atoms with E-state index < -0.39 is 33.0 Å². The standard InChI is InChI=1S/C29H32FN7O4S/c1-5-6-15-37-27-25(28(38)33-29(37)39)31-26(32-27)22(16-20-9-7-8-10-23(20)30)19-11-13-21(14-12-19)42(40,41)35-24-17(2)34-36(4)18(24)3/h7-14,22,35H,5-6,15-16H2,1-4H3,(H,31,32)(H,33,38,39). The van der Waals surface area contributed by atoms with Crippen molar-refractivity contribution in [2.45, 2.75) is 57.4 Å². The van der Waals surface area contributed by atoms with E-state index in [0.29, 0.717) is 47.0 Å². The highest BCUT2D eigenvalue weighted by Crippen LogP contribution is 2.30. The number of nitrogens with one attached hydrogen (secondary N) is 3. The second-order valence-electron chi connectivity index (χ2n) is 10.3. The highest BCUT2D eigenvalue weighted by Gasteiger charge is 2.25. The van der Waals surface area contributed by atoms with Crippen molar-refractivity contribution in [3.63, 3.8) is 0 Å². The van der Waals surface area contributed by atoms with Gasteiger partial charge in [0, 0.05) is 19.5 Å². The Bertz CT molecular complexity index is 1990. The fourth-order valence-electron chi connectivity index (χ4n) is 5.00. The van der Waals surface area contributed by atoms with E-state index in [-0.39, 0.29) is 22.5 Å². The van der Waals surface area contributed by atoms with Gasteiger partial charge in [-0.25, -0.2) is 22.6 Å². The molecule has 0 saturated heterocycles. The predicted octanol–water partition coefficient (Wildman–Crippen LogP) is 3.88. The second-order valence-corrected chi connectivity index (χ2v) is 12.0. The van der Waals surface area contributed by atoms with Gasteiger partial charge in [0.2, 0.25) is 0 Å². The average Bonchev–Trinajstić information content (AvgIpc) is 3.49.